The maximum Gasteiger partial charge on any atom is 0.270 e. The lowest BCUT2D eigenvalue weighted by molar-refractivity contribution is 0.0948. The zero-order chi connectivity index (χ0) is 15.9. The van der Waals surface area contributed by atoms with Gasteiger partial charge >= 0.3 is 0 Å². The number of benzene rings is 1. The van der Waals surface area contributed by atoms with E-state index in [1.54, 1.807) is 13.0 Å². The van der Waals surface area contributed by atoms with Gasteiger partial charge in [0, 0.05) is 18.3 Å². The van der Waals surface area contributed by atoms with Crippen molar-refractivity contribution in [1.29, 1.82) is 0 Å². The molecule has 0 saturated carbocycles. The standard InChI is InChI=1S/C17H22N4O/c1-4-5-9-18-17(22)15-11-16(20-13(3)19-15)21-14-8-6-7-12(2)10-14/h6-8,10-11H,4-5,9H2,1-3H3,(H,18,22)(H,19,20,21). The number of aromatic nitrogens is 2. The molecule has 2 N–H and O–H groups in total. The van der Waals surface area contributed by atoms with Crippen LogP contribution in [0.2, 0.25) is 0 Å². The number of anilines is 2. The van der Waals surface area contributed by atoms with Crippen molar-refractivity contribution in [2.75, 3.05) is 11.9 Å². The van der Waals surface area contributed by atoms with Gasteiger partial charge in [-0.1, -0.05) is 25.5 Å². The fourth-order valence-electron chi connectivity index (χ4n) is 2.09. The van der Waals surface area contributed by atoms with Crippen molar-refractivity contribution < 1.29 is 4.79 Å². The molecule has 0 radical (unpaired) electrons. The van der Waals surface area contributed by atoms with Crippen LogP contribution in [0.4, 0.5) is 11.5 Å². The van der Waals surface area contributed by atoms with Crippen LogP contribution >= 0.6 is 0 Å². The molecule has 0 spiro atoms. The molecular formula is C17H22N4O. The van der Waals surface area contributed by atoms with Crippen LogP contribution < -0.4 is 10.6 Å². The van der Waals surface area contributed by atoms with Crippen LogP contribution in [-0.4, -0.2) is 22.4 Å². The molecule has 0 aliphatic carbocycles. The molecule has 5 heteroatoms. The number of rotatable bonds is 6. The smallest absolute Gasteiger partial charge is 0.270 e. The van der Waals surface area contributed by atoms with E-state index in [0.29, 0.717) is 23.9 Å². The third kappa shape index (κ3) is 4.55. The molecule has 1 aromatic carbocycles. The van der Waals surface area contributed by atoms with E-state index in [2.05, 4.69) is 27.5 Å². The van der Waals surface area contributed by atoms with Crippen molar-refractivity contribution in [2.45, 2.75) is 33.6 Å². The topological polar surface area (TPSA) is 66.9 Å². The summed E-state index contributed by atoms with van der Waals surface area (Å²) in [5, 5.41) is 6.09. The number of aryl methyl sites for hydroxylation is 2. The fourth-order valence-corrected chi connectivity index (χ4v) is 2.09. The Labute approximate surface area is 131 Å². The van der Waals surface area contributed by atoms with E-state index in [-0.39, 0.29) is 5.91 Å². The summed E-state index contributed by atoms with van der Waals surface area (Å²) < 4.78 is 0. The van der Waals surface area contributed by atoms with Crippen LogP contribution in [0.3, 0.4) is 0 Å². The molecule has 0 unspecified atom stereocenters. The molecule has 1 aromatic heterocycles. The largest absolute Gasteiger partial charge is 0.351 e. The highest BCUT2D eigenvalue weighted by Crippen LogP contribution is 2.16. The summed E-state index contributed by atoms with van der Waals surface area (Å²) in [7, 11) is 0. The van der Waals surface area contributed by atoms with Gasteiger partial charge in [0.2, 0.25) is 0 Å². The molecule has 5 nitrogen and oxygen atoms in total. The van der Waals surface area contributed by atoms with E-state index < -0.39 is 0 Å². The van der Waals surface area contributed by atoms with Crippen LogP contribution in [0, 0.1) is 13.8 Å². The van der Waals surface area contributed by atoms with E-state index in [1.807, 2.05) is 31.2 Å². The van der Waals surface area contributed by atoms with Gasteiger partial charge in [-0.3, -0.25) is 4.79 Å². The van der Waals surface area contributed by atoms with Gasteiger partial charge in [-0.25, -0.2) is 9.97 Å². The fraction of sp³-hybridized carbons (Fsp3) is 0.353. The van der Waals surface area contributed by atoms with Crippen molar-refractivity contribution in [1.82, 2.24) is 15.3 Å². The van der Waals surface area contributed by atoms with E-state index in [9.17, 15) is 4.79 Å². The average Bonchev–Trinajstić information content (AvgIpc) is 2.46. The Bertz CT molecular complexity index is 655. The molecule has 22 heavy (non-hydrogen) atoms. The van der Waals surface area contributed by atoms with Gasteiger partial charge in [0.05, 0.1) is 0 Å². The molecule has 116 valence electrons. The number of nitrogens with one attached hydrogen (secondary N) is 2. The molecule has 1 heterocycles. The number of amides is 1. The Kier molecular flexibility index (Phi) is 5.47. The summed E-state index contributed by atoms with van der Waals surface area (Å²) in [5.74, 6) is 1.03. The molecule has 0 bridgehead atoms. The lowest BCUT2D eigenvalue weighted by Gasteiger charge is -2.09. The van der Waals surface area contributed by atoms with Gasteiger partial charge in [0.1, 0.15) is 17.3 Å². The van der Waals surface area contributed by atoms with E-state index in [0.717, 1.165) is 24.1 Å². The summed E-state index contributed by atoms with van der Waals surface area (Å²) in [4.78, 5) is 20.6. The minimum atomic E-state index is -0.161. The number of hydrogen-bond donors (Lipinski definition) is 2. The molecule has 0 fully saturated rings. The minimum absolute atomic E-state index is 0.161. The van der Waals surface area contributed by atoms with Crippen molar-refractivity contribution in [3.63, 3.8) is 0 Å². The van der Waals surface area contributed by atoms with Gasteiger partial charge in [-0.15, -0.1) is 0 Å². The van der Waals surface area contributed by atoms with Crippen LogP contribution in [0.1, 0.15) is 41.6 Å². The third-order valence-electron chi connectivity index (χ3n) is 3.18. The average molecular weight is 298 g/mol. The summed E-state index contributed by atoms with van der Waals surface area (Å²) in [6.07, 6.45) is 2.01. The molecule has 2 aromatic rings. The van der Waals surface area contributed by atoms with Crippen LogP contribution in [-0.2, 0) is 0 Å². The van der Waals surface area contributed by atoms with Crippen LogP contribution in [0.5, 0.6) is 0 Å². The normalized spacial score (nSPS) is 10.3. The van der Waals surface area contributed by atoms with Crippen LogP contribution in [0.25, 0.3) is 0 Å². The van der Waals surface area contributed by atoms with Gasteiger partial charge < -0.3 is 10.6 Å². The van der Waals surface area contributed by atoms with Crippen molar-refractivity contribution in [2.24, 2.45) is 0 Å². The summed E-state index contributed by atoms with van der Waals surface area (Å²) in [5.41, 5.74) is 2.49. The monoisotopic (exact) mass is 298 g/mol. The molecular weight excluding hydrogens is 276 g/mol. The zero-order valence-corrected chi connectivity index (χ0v) is 13.3. The minimum Gasteiger partial charge on any atom is -0.351 e. The Morgan fingerprint density at radius 2 is 2.00 bits per heavy atom. The van der Waals surface area contributed by atoms with Gasteiger partial charge in [0.15, 0.2) is 0 Å². The third-order valence-corrected chi connectivity index (χ3v) is 3.18. The predicted molar refractivity (Wildman–Crippen MR) is 88.5 cm³/mol. The summed E-state index contributed by atoms with van der Waals surface area (Å²) in [6, 6.07) is 9.67. The highest BCUT2D eigenvalue weighted by atomic mass is 16.1. The van der Waals surface area contributed by atoms with Crippen molar-refractivity contribution in [3.8, 4) is 0 Å². The van der Waals surface area contributed by atoms with Crippen LogP contribution in [0.15, 0.2) is 30.3 Å². The number of nitrogens with zero attached hydrogens (tertiary/aromatic N) is 2. The predicted octanol–water partition coefficient (Wildman–Crippen LogP) is 3.37. The van der Waals surface area contributed by atoms with Gasteiger partial charge in [-0.05, 0) is 38.0 Å². The second-order valence-electron chi connectivity index (χ2n) is 5.29. The first-order chi connectivity index (χ1) is 10.6. The SMILES string of the molecule is CCCCNC(=O)c1cc(Nc2cccc(C)c2)nc(C)n1. The highest BCUT2D eigenvalue weighted by Gasteiger charge is 2.10. The van der Waals surface area contributed by atoms with Gasteiger partial charge in [0.25, 0.3) is 5.91 Å². The maximum atomic E-state index is 12.1. The maximum absolute atomic E-state index is 12.1. The lowest BCUT2D eigenvalue weighted by Crippen LogP contribution is -2.25. The number of hydrogen-bond acceptors (Lipinski definition) is 4. The molecule has 0 aliphatic rings. The first-order valence-electron chi connectivity index (χ1n) is 7.56. The van der Waals surface area contributed by atoms with E-state index in [4.69, 9.17) is 0 Å². The number of carbonyl (C=O) groups is 1. The molecule has 2 rings (SSSR count). The van der Waals surface area contributed by atoms with E-state index >= 15 is 0 Å². The molecule has 0 atom stereocenters. The Morgan fingerprint density at radius 1 is 1.18 bits per heavy atom. The van der Waals surface area contributed by atoms with E-state index in [1.165, 1.54) is 0 Å². The zero-order valence-electron chi connectivity index (χ0n) is 13.3. The van der Waals surface area contributed by atoms with Crippen molar-refractivity contribution in [3.05, 3.63) is 47.4 Å². The second-order valence-corrected chi connectivity index (χ2v) is 5.29. The Morgan fingerprint density at radius 3 is 2.73 bits per heavy atom. The quantitative estimate of drug-likeness (QED) is 0.802. The summed E-state index contributed by atoms with van der Waals surface area (Å²) in [6.45, 7) is 6.57. The van der Waals surface area contributed by atoms with Crippen molar-refractivity contribution >= 4 is 17.4 Å². The highest BCUT2D eigenvalue weighted by molar-refractivity contribution is 5.93. The second kappa shape index (κ2) is 7.54. The molecule has 0 saturated heterocycles. The Balaban J connectivity index is 2.14. The Hall–Kier alpha value is -2.43. The number of carbonyl (C=O) groups excluding carboxylic acids is 1. The first kappa shape index (κ1) is 15.9. The lowest BCUT2D eigenvalue weighted by atomic mass is 10.2. The number of unbranched alkanes of at least 4 members (excludes halogenated alkanes) is 1. The molecule has 0 aliphatic heterocycles. The van der Waals surface area contributed by atoms with Gasteiger partial charge in [-0.2, -0.15) is 0 Å². The molecule has 1 amide bonds. The summed E-state index contributed by atoms with van der Waals surface area (Å²) >= 11 is 0. The first-order valence-corrected chi connectivity index (χ1v) is 7.56.